The van der Waals surface area contributed by atoms with Crippen LogP contribution in [0, 0.1) is 0 Å². The minimum Gasteiger partial charge on any atom is -0.478 e. The first-order chi connectivity index (χ1) is 8.69. The van der Waals surface area contributed by atoms with E-state index < -0.39 is 0 Å². The maximum absolute atomic E-state index is 5.54. The number of nitrogens with one attached hydrogen (secondary N) is 1. The second kappa shape index (κ2) is 8.03. The molecule has 2 atom stereocenters. The van der Waals surface area contributed by atoms with Crippen LogP contribution >= 0.6 is 0 Å². The highest BCUT2D eigenvalue weighted by molar-refractivity contribution is 5.17. The van der Waals surface area contributed by atoms with Crippen LogP contribution in [0.25, 0.3) is 0 Å². The summed E-state index contributed by atoms with van der Waals surface area (Å²) in [5, 5.41) is 3.49. The smallest absolute Gasteiger partial charge is 0.216 e. The maximum Gasteiger partial charge on any atom is 0.216 e. The molecule has 1 aromatic rings. The molecule has 0 saturated heterocycles. The molecule has 0 saturated carbocycles. The average molecular weight is 251 g/mol. The summed E-state index contributed by atoms with van der Waals surface area (Å²) in [6, 6.07) is 2.35. The Kier molecular flexibility index (Phi) is 6.65. The number of ether oxygens (including phenoxy) is 1. The predicted molar refractivity (Wildman–Crippen MR) is 74.0 cm³/mol. The third-order valence-electron chi connectivity index (χ3n) is 3.05. The third kappa shape index (κ3) is 4.61. The molecule has 0 fully saturated rings. The van der Waals surface area contributed by atoms with Crippen molar-refractivity contribution in [1.29, 1.82) is 0 Å². The fourth-order valence-corrected chi connectivity index (χ4v) is 1.69. The molecule has 1 heterocycles. The zero-order valence-electron chi connectivity index (χ0n) is 11.9. The molecule has 0 aliphatic rings. The first-order valence-electron chi connectivity index (χ1n) is 6.87. The topological polar surface area (TPSA) is 47.0 Å². The summed E-state index contributed by atoms with van der Waals surface area (Å²) >= 11 is 0. The van der Waals surface area contributed by atoms with Crippen LogP contribution in [-0.2, 0) is 0 Å². The lowest BCUT2D eigenvalue weighted by molar-refractivity contribution is 0.303. The molecule has 4 nitrogen and oxygen atoms in total. The van der Waals surface area contributed by atoms with E-state index in [2.05, 4.69) is 43.0 Å². The fraction of sp³-hybridized carbons (Fsp3) is 0.714. The van der Waals surface area contributed by atoms with Gasteiger partial charge in [0.15, 0.2) is 0 Å². The SMILES string of the molecule is CCCNC(C)C(C)c1cc(OCCC)ncn1. The first kappa shape index (κ1) is 14.9. The van der Waals surface area contributed by atoms with Crippen molar-refractivity contribution in [3.05, 3.63) is 18.1 Å². The van der Waals surface area contributed by atoms with Crippen LogP contribution in [0.3, 0.4) is 0 Å². The summed E-state index contributed by atoms with van der Waals surface area (Å²) < 4.78 is 5.54. The van der Waals surface area contributed by atoms with E-state index in [4.69, 9.17) is 4.74 Å². The van der Waals surface area contributed by atoms with Crippen LogP contribution in [0.15, 0.2) is 12.4 Å². The van der Waals surface area contributed by atoms with Crippen molar-refractivity contribution >= 4 is 0 Å². The molecular weight excluding hydrogens is 226 g/mol. The highest BCUT2D eigenvalue weighted by Gasteiger charge is 2.15. The predicted octanol–water partition coefficient (Wildman–Crippen LogP) is 2.76. The number of hydrogen-bond donors (Lipinski definition) is 1. The molecule has 0 aliphatic carbocycles. The largest absolute Gasteiger partial charge is 0.478 e. The molecule has 102 valence electrons. The second-order valence-electron chi connectivity index (χ2n) is 4.66. The van der Waals surface area contributed by atoms with Gasteiger partial charge in [0.2, 0.25) is 5.88 Å². The fourth-order valence-electron chi connectivity index (χ4n) is 1.69. The van der Waals surface area contributed by atoms with E-state index in [1.165, 1.54) is 0 Å². The summed E-state index contributed by atoms with van der Waals surface area (Å²) in [6.45, 7) is 10.4. The van der Waals surface area contributed by atoms with Gasteiger partial charge in [0, 0.05) is 18.0 Å². The molecule has 0 spiro atoms. The van der Waals surface area contributed by atoms with Gasteiger partial charge in [-0.3, -0.25) is 0 Å². The van der Waals surface area contributed by atoms with Gasteiger partial charge in [-0.25, -0.2) is 9.97 Å². The van der Waals surface area contributed by atoms with Crippen molar-refractivity contribution in [2.45, 2.75) is 52.5 Å². The Morgan fingerprint density at radius 1 is 1.22 bits per heavy atom. The lowest BCUT2D eigenvalue weighted by Gasteiger charge is -2.20. The van der Waals surface area contributed by atoms with Crippen molar-refractivity contribution in [2.75, 3.05) is 13.2 Å². The van der Waals surface area contributed by atoms with Crippen LogP contribution in [0.1, 0.15) is 52.1 Å². The van der Waals surface area contributed by atoms with Gasteiger partial charge < -0.3 is 10.1 Å². The Labute approximate surface area is 110 Å². The first-order valence-corrected chi connectivity index (χ1v) is 6.87. The Morgan fingerprint density at radius 2 is 2.00 bits per heavy atom. The highest BCUT2D eigenvalue weighted by Crippen LogP contribution is 2.19. The zero-order chi connectivity index (χ0) is 13.4. The summed E-state index contributed by atoms with van der Waals surface area (Å²) in [5.41, 5.74) is 1.03. The van der Waals surface area contributed by atoms with Gasteiger partial charge in [0.25, 0.3) is 0 Å². The molecule has 2 unspecified atom stereocenters. The molecule has 0 aliphatic heterocycles. The molecule has 1 rings (SSSR count). The van der Waals surface area contributed by atoms with Crippen LogP contribution in [0.5, 0.6) is 5.88 Å². The van der Waals surface area contributed by atoms with Crippen molar-refractivity contribution in [1.82, 2.24) is 15.3 Å². The molecule has 4 heteroatoms. The van der Waals surface area contributed by atoms with Gasteiger partial charge in [-0.2, -0.15) is 0 Å². The number of nitrogens with zero attached hydrogens (tertiary/aromatic N) is 2. The van der Waals surface area contributed by atoms with Crippen molar-refractivity contribution < 1.29 is 4.74 Å². The van der Waals surface area contributed by atoms with E-state index in [1.54, 1.807) is 6.33 Å². The minimum absolute atomic E-state index is 0.350. The third-order valence-corrected chi connectivity index (χ3v) is 3.05. The van der Waals surface area contributed by atoms with Gasteiger partial charge in [-0.1, -0.05) is 20.8 Å². The van der Waals surface area contributed by atoms with Crippen LogP contribution < -0.4 is 10.1 Å². The van der Waals surface area contributed by atoms with E-state index in [9.17, 15) is 0 Å². The molecule has 0 radical (unpaired) electrons. The normalized spacial score (nSPS) is 14.2. The lowest BCUT2D eigenvalue weighted by atomic mass is 9.99. The standard InChI is InChI=1S/C14H25N3O/c1-5-7-15-12(4)11(3)13-9-14(17-10-16-13)18-8-6-2/h9-12,15H,5-8H2,1-4H3. The molecule has 0 amide bonds. The molecule has 1 aromatic heterocycles. The van der Waals surface area contributed by atoms with Gasteiger partial charge in [-0.05, 0) is 26.3 Å². The Bertz CT molecular complexity index is 344. The molecule has 1 N–H and O–H groups in total. The van der Waals surface area contributed by atoms with Crippen LogP contribution in [-0.4, -0.2) is 29.2 Å². The number of hydrogen-bond acceptors (Lipinski definition) is 4. The quantitative estimate of drug-likeness (QED) is 0.771. The molecule has 0 bridgehead atoms. The van der Waals surface area contributed by atoms with E-state index in [-0.39, 0.29) is 0 Å². The highest BCUT2D eigenvalue weighted by atomic mass is 16.5. The zero-order valence-corrected chi connectivity index (χ0v) is 11.9. The summed E-state index contributed by atoms with van der Waals surface area (Å²) in [6.07, 6.45) is 3.72. The van der Waals surface area contributed by atoms with Gasteiger partial charge in [0.1, 0.15) is 6.33 Å². The van der Waals surface area contributed by atoms with E-state index in [0.29, 0.717) is 24.4 Å². The van der Waals surface area contributed by atoms with Gasteiger partial charge in [-0.15, -0.1) is 0 Å². The molecule has 0 aromatic carbocycles. The molecule has 18 heavy (non-hydrogen) atoms. The summed E-state index contributed by atoms with van der Waals surface area (Å²) in [4.78, 5) is 8.47. The number of rotatable bonds is 8. The maximum atomic E-state index is 5.54. The Morgan fingerprint density at radius 3 is 2.67 bits per heavy atom. The van der Waals surface area contributed by atoms with Gasteiger partial charge in [0.05, 0.1) is 12.3 Å². The minimum atomic E-state index is 0.350. The average Bonchev–Trinajstić information content (AvgIpc) is 2.42. The van der Waals surface area contributed by atoms with Crippen molar-refractivity contribution in [3.63, 3.8) is 0 Å². The Hall–Kier alpha value is -1.16. The van der Waals surface area contributed by atoms with Crippen LogP contribution in [0.4, 0.5) is 0 Å². The van der Waals surface area contributed by atoms with E-state index >= 15 is 0 Å². The lowest BCUT2D eigenvalue weighted by Crippen LogP contribution is -2.31. The van der Waals surface area contributed by atoms with Gasteiger partial charge >= 0.3 is 0 Å². The van der Waals surface area contributed by atoms with Crippen molar-refractivity contribution in [3.8, 4) is 5.88 Å². The summed E-state index contributed by atoms with van der Waals surface area (Å²) in [7, 11) is 0. The Balaban J connectivity index is 2.63. The summed E-state index contributed by atoms with van der Waals surface area (Å²) in [5.74, 6) is 1.03. The van der Waals surface area contributed by atoms with Crippen molar-refractivity contribution in [2.24, 2.45) is 0 Å². The van der Waals surface area contributed by atoms with E-state index in [1.807, 2.05) is 6.07 Å². The number of aromatic nitrogens is 2. The monoisotopic (exact) mass is 251 g/mol. The van der Waals surface area contributed by atoms with E-state index in [0.717, 1.165) is 25.1 Å². The second-order valence-corrected chi connectivity index (χ2v) is 4.66. The molecular formula is C14H25N3O. The van der Waals surface area contributed by atoms with Crippen LogP contribution in [0.2, 0.25) is 0 Å².